The highest BCUT2D eigenvalue weighted by Gasteiger charge is 2.48. The number of carbonyl (C=O) groups excluding carboxylic acids is 2. The van der Waals surface area contributed by atoms with Gasteiger partial charge in [-0.15, -0.1) is 0 Å². The van der Waals surface area contributed by atoms with E-state index in [1.54, 1.807) is 23.0 Å². The van der Waals surface area contributed by atoms with E-state index in [4.69, 9.17) is 0 Å². The molecule has 1 aromatic carbocycles. The summed E-state index contributed by atoms with van der Waals surface area (Å²) in [7, 11) is 0. The summed E-state index contributed by atoms with van der Waals surface area (Å²) < 4.78 is 53.4. The van der Waals surface area contributed by atoms with Crippen LogP contribution in [0.1, 0.15) is 43.0 Å². The van der Waals surface area contributed by atoms with Crippen LogP contribution in [0.15, 0.2) is 30.5 Å². The molecule has 0 bridgehead atoms. The molecule has 1 aromatic heterocycles. The molecule has 0 saturated carbocycles. The first kappa shape index (κ1) is 20.4. The number of benzene rings is 1. The van der Waals surface area contributed by atoms with Crippen LogP contribution >= 0.6 is 0 Å². The van der Waals surface area contributed by atoms with Crippen molar-refractivity contribution in [2.24, 2.45) is 0 Å². The van der Waals surface area contributed by atoms with Crippen LogP contribution in [-0.2, 0) is 16.0 Å². The van der Waals surface area contributed by atoms with Crippen LogP contribution in [0.4, 0.5) is 17.6 Å². The lowest BCUT2D eigenvalue weighted by Crippen LogP contribution is -2.50. The zero-order valence-electron chi connectivity index (χ0n) is 16.0. The van der Waals surface area contributed by atoms with Gasteiger partial charge in [-0.05, 0) is 56.4 Å². The molecule has 4 rings (SSSR count). The molecule has 0 unspecified atom stereocenters. The molecule has 2 atom stereocenters. The Bertz CT molecular complexity index is 955. The predicted octanol–water partition coefficient (Wildman–Crippen LogP) is 3.06. The van der Waals surface area contributed by atoms with Gasteiger partial charge < -0.3 is 10.2 Å². The van der Waals surface area contributed by atoms with Gasteiger partial charge in [0.25, 0.3) is 0 Å². The number of halogens is 4. The van der Waals surface area contributed by atoms with Crippen molar-refractivity contribution < 1.29 is 27.2 Å². The van der Waals surface area contributed by atoms with Crippen LogP contribution in [0.3, 0.4) is 0 Å². The van der Waals surface area contributed by atoms with Gasteiger partial charge in [0, 0.05) is 17.8 Å². The molecule has 0 spiro atoms. The predicted molar refractivity (Wildman–Crippen MR) is 98.1 cm³/mol. The lowest BCUT2D eigenvalue weighted by molar-refractivity contribution is -0.186. The van der Waals surface area contributed by atoms with Crippen molar-refractivity contribution in [2.75, 3.05) is 6.54 Å². The highest BCUT2D eigenvalue weighted by Crippen LogP contribution is 2.32. The van der Waals surface area contributed by atoms with E-state index in [1.165, 1.54) is 12.1 Å². The minimum atomic E-state index is -5.00. The molecular formula is C20H20F4N4O2. The van der Waals surface area contributed by atoms with Crippen LogP contribution in [0.25, 0.3) is 5.69 Å². The second-order valence-corrected chi connectivity index (χ2v) is 7.54. The van der Waals surface area contributed by atoms with Crippen molar-refractivity contribution in [3.8, 4) is 5.69 Å². The standard InChI is InChI=1S/C20H20F4N4O2/c21-12-6-8-13(9-7-12)28-16-4-1-3-15(14(16)11-25-28)26-18(29)17-5-2-10-27(17)19(30)20(22,23)24/h6-9,11,15,17H,1-5,10H2,(H,26,29)/t15-,17+/m1/s1. The first-order valence-electron chi connectivity index (χ1n) is 9.76. The Hall–Kier alpha value is -2.91. The number of nitrogens with one attached hydrogen (secondary N) is 1. The van der Waals surface area contributed by atoms with Gasteiger partial charge in [0.15, 0.2) is 0 Å². The molecule has 2 aliphatic rings. The quantitative estimate of drug-likeness (QED) is 0.771. The Balaban J connectivity index is 1.52. The highest BCUT2D eigenvalue weighted by molar-refractivity contribution is 5.90. The number of carbonyl (C=O) groups is 2. The zero-order valence-corrected chi connectivity index (χ0v) is 16.0. The average molecular weight is 424 g/mol. The van der Waals surface area contributed by atoms with Crippen molar-refractivity contribution in [3.63, 3.8) is 0 Å². The lowest BCUT2D eigenvalue weighted by atomic mass is 9.92. The van der Waals surface area contributed by atoms with Gasteiger partial charge in [-0.2, -0.15) is 18.3 Å². The third-order valence-electron chi connectivity index (χ3n) is 5.63. The van der Waals surface area contributed by atoms with Crippen molar-refractivity contribution >= 4 is 11.8 Å². The maximum absolute atomic E-state index is 13.2. The van der Waals surface area contributed by atoms with Crippen LogP contribution in [0.5, 0.6) is 0 Å². The first-order valence-corrected chi connectivity index (χ1v) is 9.76. The number of hydrogen-bond acceptors (Lipinski definition) is 3. The van der Waals surface area contributed by atoms with Crippen molar-refractivity contribution in [1.29, 1.82) is 0 Å². The van der Waals surface area contributed by atoms with Gasteiger partial charge in [0.2, 0.25) is 5.91 Å². The molecule has 0 radical (unpaired) electrons. The molecule has 2 amide bonds. The summed E-state index contributed by atoms with van der Waals surface area (Å²) in [6, 6.07) is 4.33. The van der Waals surface area contributed by atoms with E-state index in [1.807, 2.05) is 0 Å². The summed E-state index contributed by atoms with van der Waals surface area (Å²) in [5.41, 5.74) is 2.33. The van der Waals surface area contributed by atoms with Crippen molar-refractivity contribution in [1.82, 2.24) is 20.0 Å². The molecular weight excluding hydrogens is 404 g/mol. The van der Waals surface area contributed by atoms with E-state index in [9.17, 15) is 27.2 Å². The van der Waals surface area contributed by atoms with Gasteiger partial charge in [-0.1, -0.05) is 0 Å². The maximum Gasteiger partial charge on any atom is 0.471 e. The van der Waals surface area contributed by atoms with E-state index in [0.717, 1.165) is 17.7 Å². The summed E-state index contributed by atoms with van der Waals surface area (Å²) in [5, 5.41) is 7.17. The number of rotatable bonds is 3. The summed E-state index contributed by atoms with van der Waals surface area (Å²) >= 11 is 0. The highest BCUT2D eigenvalue weighted by atomic mass is 19.4. The van der Waals surface area contributed by atoms with Crippen LogP contribution in [-0.4, -0.2) is 45.3 Å². The second kappa shape index (κ2) is 7.73. The molecule has 1 N–H and O–H groups in total. The fourth-order valence-corrected chi connectivity index (χ4v) is 4.22. The number of nitrogens with zero attached hydrogens (tertiary/aromatic N) is 3. The molecule has 2 heterocycles. The first-order chi connectivity index (χ1) is 14.3. The zero-order chi connectivity index (χ0) is 21.5. The average Bonchev–Trinajstić information content (AvgIpc) is 3.35. The van der Waals surface area contributed by atoms with Crippen molar-refractivity contribution in [2.45, 2.75) is 50.4 Å². The van der Waals surface area contributed by atoms with E-state index >= 15 is 0 Å². The topological polar surface area (TPSA) is 67.2 Å². The van der Waals surface area contributed by atoms with Gasteiger partial charge in [-0.3, -0.25) is 9.59 Å². The van der Waals surface area contributed by atoms with Gasteiger partial charge in [0.05, 0.1) is 17.9 Å². The molecule has 30 heavy (non-hydrogen) atoms. The van der Waals surface area contributed by atoms with E-state index in [2.05, 4.69) is 10.4 Å². The number of hydrogen-bond donors (Lipinski definition) is 1. The van der Waals surface area contributed by atoms with Gasteiger partial charge >= 0.3 is 12.1 Å². The third kappa shape index (κ3) is 3.78. The van der Waals surface area contributed by atoms with E-state index in [0.29, 0.717) is 29.8 Å². The Kier molecular flexibility index (Phi) is 5.25. The normalized spacial score (nSPS) is 21.4. The molecule has 1 fully saturated rings. The second-order valence-electron chi connectivity index (χ2n) is 7.54. The van der Waals surface area contributed by atoms with Gasteiger partial charge in [-0.25, -0.2) is 9.07 Å². The summed E-state index contributed by atoms with van der Waals surface area (Å²) in [6.07, 6.45) is -0.761. The molecule has 1 aliphatic carbocycles. The Morgan fingerprint density at radius 1 is 1.10 bits per heavy atom. The number of fused-ring (bicyclic) bond motifs is 1. The Morgan fingerprint density at radius 3 is 2.53 bits per heavy atom. The molecule has 10 heteroatoms. The number of alkyl halides is 3. The fraction of sp³-hybridized carbons (Fsp3) is 0.450. The molecule has 6 nitrogen and oxygen atoms in total. The van der Waals surface area contributed by atoms with E-state index in [-0.39, 0.29) is 18.8 Å². The molecule has 1 saturated heterocycles. The third-order valence-corrected chi connectivity index (χ3v) is 5.63. The van der Waals surface area contributed by atoms with Crippen LogP contribution < -0.4 is 5.32 Å². The van der Waals surface area contributed by atoms with Crippen molar-refractivity contribution in [3.05, 3.63) is 47.5 Å². The minimum absolute atomic E-state index is 0.0884. The fourth-order valence-electron chi connectivity index (χ4n) is 4.22. The maximum atomic E-state index is 13.2. The largest absolute Gasteiger partial charge is 0.471 e. The number of amides is 2. The number of likely N-dealkylation sites (tertiary alicyclic amines) is 1. The Labute approximate surface area is 169 Å². The summed E-state index contributed by atoms with van der Waals surface area (Å²) in [6.45, 7) is -0.0884. The smallest absolute Gasteiger partial charge is 0.347 e. The molecule has 160 valence electrons. The molecule has 2 aromatic rings. The van der Waals surface area contributed by atoms with Crippen LogP contribution in [0, 0.1) is 5.82 Å². The SMILES string of the molecule is O=C(N[C@@H]1CCCc2c1cnn2-c1ccc(F)cc1)[C@@H]1CCCN1C(=O)C(F)(F)F. The Morgan fingerprint density at radius 2 is 1.83 bits per heavy atom. The van der Waals surface area contributed by atoms with Crippen LogP contribution in [0.2, 0.25) is 0 Å². The monoisotopic (exact) mass is 424 g/mol. The van der Waals surface area contributed by atoms with Gasteiger partial charge in [0.1, 0.15) is 11.9 Å². The molecule has 1 aliphatic heterocycles. The summed E-state index contributed by atoms with van der Waals surface area (Å²) in [5.74, 6) is -2.93. The number of aromatic nitrogens is 2. The van der Waals surface area contributed by atoms with E-state index < -0.39 is 30.1 Å². The lowest BCUT2D eigenvalue weighted by Gasteiger charge is -2.29. The minimum Gasteiger partial charge on any atom is -0.347 e. The summed E-state index contributed by atoms with van der Waals surface area (Å²) in [4.78, 5) is 25.0.